The molecule has 3 heteroatoms. The molecular formula is C13H24ClNO. The van der Waals surface area contributed by atoms with Crippen LogP contribution in [0.3, 0.4) is 0 Å². The van der Waals surface area contributed by atoms with Gasteiger partial charge in [0.05, 0.1) is 5.38 Å². The van der Waals surface area contributed by atoms with Crippen molar-refractivity contribution in [3.8, 4) is 0 Å². The Morgan fingerprint density at radius 1 is 1.31 bits per heavy atom. The van der Waals surface area contributed by atoms with Crippen LogP contribution in [0.1, 0.15) is 58.3 Å². The lowest BCUT2D eigenvalue weighted by molar-refractivity contribution is -0.132. The fraction of sp³-hybridized carbons (Fsp3) is 0.923. The van der Waals surface area contributed by atoms with Gasteiger partial charge >= 0.3 is 0 Å². The quantitative estimate of drug-likeness (QED) is 0.536. The molecule has 2 nitrogen and oxygen atoms in total. The first-order chi connectivity index (χ1) is 7.66. The Bertz CT molecular complexity index is 220. The average Bonchev–Trinajstić information content (AvgIpc) is 2.29. The largest absolute Gasteiger partial charge is 0.341 e. The van der Waals surface area contributed by atoms with Gasteiger partial charge in [0.1, 0.15) is 0 Å². The molecule has 2 unspecified atom stereocenters. The van der Waals surface area contributed by atoms with Crippen molar-refractivity contribution in [2.45, 2.75) is 69.7 Å². The Balaban J connectivity index is 2.36. The van der Waals surface area contributed by atoms with E-state index in [1.807, 2.05) is 11.9 Å². The van der Waals surface area contributed by atoms with Crippen molar-refractivity contribution in [3.63, 3.8) is 0 Å². The highest BCUT2D eigenvalue weighted by molar-refractivity contribution is 6.21. The van der Waals surface area contributed by atoms with Gasteiger partial charge in [-0.2, -0.15) is 0 Å². The third kappa shape index (κ3) is 3.97. The van der Waals surface area contributed by atoms with Crippen molar-refractivity contribution >= 4 is 17.5 Å². The molecule has 1 rings (SSSR count). The zero-order chi connectivity index (χ0) is 12.0. The summed E-state index contributed by atoms with van der Waals surface area (Å²) >= 11 is 6.29. The number of carbonyl (C=O) groups excluding carboxylic acids is 1. The smallest absolute Gasteiger partial charge is 0.222 e. The molecule has 0 radical (unpaired) electrons. The van der Waals surface area contributed by atoms with Gasteiger partial charge < -0.3 is 4.90 Å². The maximum atomic E-state index is 11.9. The van der Waals surface area contributed by atoms with E-state index < -0.39 is 0 Å². The normalized spacial score (nSPS) is 25.4. The van der Waals surface area contributed by atoms with Crippen molar-refractivity contribution in [1.82, 2.24) is 4.90 Å². The molecule has 0 bridgehead atoms. The maximum Gasteiger partial charge on any atom is 0.222 e. The van der Waals surface area contributed by atoms with Crippen LogP contribution < -0.4 is 0 Å². The predicted octanol–water partition coefficient (Wildman–Crippen LogP) is 3.58. The van der Waals surface area contributed by atoms with Crippen LogP contribution in [0.15, 0.2) is 0 Å². The monoisotopic (exact) mass is 245 g/mol. The van der Waals surface area contributed by atoms with E-state index in [0.29, 0.717) is 6.42 Å². The molecule has 0 aliphatic heterocycles. The molecule has 0 heterocycles. The summed E-state index contributed by atoms with van der Waals surface area (Å²) in [5.41, 5.74) is 0. The number of hydrogen-bond acceptors (Lipinski definition) is 1. The molecule has 0 aromatic rings. The van der Waals surface area contributed by atoms with Crippen LogP contribution in [0, 0.1) is 0 Å². The Labute approximate surface area is 104 Å². The van der Waals surface area contributed by atoms with Gasteiger partial charge in [0, 0.05) is 19.5 Å². The summed E-state index contributed by atoms with van der Waals surface area (Å²) in [6, 6.07) is 0.268. The third-order valence-electron chi connectivity index (χ3n) is 3.53. The van der Waals surface area contributed by atoms with E-state index in [9.17, 15) is 4.79 Å². The molecule has 1 amide bonds. The van der Waals surface area contributed by atoms with E-state index in [1.165, 1.54) is 19.3 Å². The topological polar surface area (TPSA) is 20.3 Å². The molecule has 16 heavy (non-hydrogen) atoms. The van der Waals surface area contributed by atoms with E-state index in [2.05, 4.69) is 6.92 Å². The van der Waals surface area contributed by atoms with Crippen molar-refractivity contribution in [2.75, 3.05) is 7.05 Å². The summed E-state index contributed by atoms with van der Waals surface area (Å²) < 4.78 is 0. The molecule has 1 aliphatic rings. The zero-order valence-corrected chi connectivity index (χ0v) is 11.3. The lowest BCUT2D eigenvalue weighted by Crippen LogP contribution is -2.44. The fourth-order valence-corrected chi connectivity index (χ4v) is 2.84. The van der Waals surface area contributed by atoms with Crippen LogP contribution in [0.5, 0.6) is 0 Å². The first-order valence-electron chi connectivity index (χ1n) is 6.56. The number of hydrogen-bond donors (Lipinski definition) is 0. The van der Waals surface area contributed by atoms with E-state index in [4.69, 9.17) is 11.6 Å². The SMILES string of the molecule is CCCCCC(=O)N(C)C1CCCCC1Cl. The molecule has 2 atom stereocenters. The fourth-order valence-electron chi connectivity index (χ4n) is 2.39. The molecule has 1 fully saturated rings. The van der Waals surface area contributed by atoms with Gasteiger partial charge in [-0.05, 0) is 19.3 Å². The summed E-state index contributed by atoms with van der Waals surface area (Å²) in [5.74, 6) is 0.269. The minimum Gasteiger partial charge on any atom is -0.341 e. The van der Waals surface area contributed by atoms with Gasteiger partial charge in [-0.25, -0.2) is 0 Å². The highest BCUT2D eigenvalue weighted by Crippen LogP contribution is 2.27. The van der Waals surface area contributed by atoms with Crippen LogP contribution in [0.4, 0.5) is 0 Å². The average molecular weight is 246 g/mol. The van der Waals surface area contributed by atoms with Crippen LogP contribution in [0.2, 0.25) is 0 Å². The third-order valence-corrected chi connectivity index (χ3v) is 4.04. The minimum absolute atomic E-state index is 0.161. The van der Waals surface area contributed by atoms with Crippen molar-refractivity contribution < 1.29 is 4.79 Å². The number of unbranched alkanes of at least 4 members (excludes halogenated alkanes) is 2. The number of alkyl halides is 1. The van der Waals surface area contributed by atoms with Gasteiger partial charge in [0.25, 0.3) is 0 Å². The van der Waals surface area contributed by atoms with Crippen LogP contribution in [-0.4, -0.2) is 29.3 Å². The number of amides is 1. The lowest BCUT2D eigenvalue weighted by atomic mass is 9.93. The van der Waals surface area contributed by atoms with Gasteiger partial charge in [0.2, 0.25) is 5.91 Å². The Hall–Kier alpha value is -0.240. The summed E-state index contributed by atoms with van der Waals surface area (Å²) in [6.45, 7) is 2.16. The predicted molar refractivity (Wildman–Crippen MR) is 68.8 cm³/mol. The molecule has 0 aromatic carbocycles. The first-order valence-corrected chi connectivity index (χ1v) is 7.00. The molecule has 0 saturated heterocycles. The van der Waals surface area contributed by atoms with Crippen LogP contribution >= 0.6 is 11.6 Å². The molecule has 0 aromatic heterocycles. The second-order valence-electron chi connectivity index (χ2n) is 4.83. The molecule has 1 saturated carbocycles. The Kier molecular flexibility index (Phi) is 6.18. The van der Waals surface area contributed by atoms with Gasteiger partial charge in [0.15, 0.2) is 0 Å². The van der Waals surface area contributed by atoms with Gasteiger partial charge in [-0.3, -0.25) is 4.79 Å². The molecule has 0 spiro atoms. The second kappa shape index (κ2) is 7.16. The van der Waals surface area contributed by atoms with Gasteiger partial charge in [-0.15, -0.1) is 11.6 Å². The first kappa shape index (κ1) is 13.8. The highest BCUT2D eigenvalue weighted by Gasteiger charge is 2.28. The Morgan fingerprint density at radius 2 is 2.00 bits per heavy atom. The number of halogens is 1. The van der Waals surface area contributed by atoms with Gasteiger partial charge in [-0.1, -0.05) is 32.6 Å². The lowest BCUT2D eigenvalue weighted by Gasteiger charge is -2.35. The molecule has 94 valence electrons. The molecular weight excluding hydrogens is 222 g/mol. The summed E-state index contributed by atoms with van der Waals surface area (Å²) in [7, 11) is 1.92. The Morgan fingerprint density at radius 3 is 2.62 bits per heavy atom. The summed E-state index contributed by atoms with van der Waals surface area (Å²) in [5, 5.41) is 0.161. The van der Waals surface area contributed by atoms with Crippen molar-refractivity contribution in [3.05, 3.63) is 0 Å². The van der Waals surface area contributed by atoms with E-state index in [-0.39, 0.29) is 17.3 Å². The standard InChI is InChI=1S/C13H24ClNO/c1-3-4-5-10-13(16)15(2)12-9-7-6-8-11(12)14/h11-12H,3-10H2,1-2H3. The van der Waals surface area contributed by atoms with E-state index in [1.54, 1.807) is 0 Å². The molecule has 0 N–H and O–H groups in total. The second-order valence-corrected chi connectivity index (χ2v) is 5.39. The zero-order valence-electron chi connectivity index (χ0n) is 10.5. The van der Waals surface area contributed by atoms with Crippen molar-refractivity contribution in [2.24, 2.45) is 0 Å². The van der Waals surface area contributed by atoms with E-state index in [0.717, 1.165) is 25.7 Å². The summed E-state index contributed by atoms with van der Waals surface area (Å²) in [4.78, 5) is 13.8. The van der Waals surface area contributed by atoms with Crippen LogP contribution in [0.25, 0.3) is 0 Å². The number of rotatable bonds is 5. The van der Waals surface area contributed by atoms with Crippen molar-refractivity contribution in [1.29, 1.82) is 0 Å². The summed E-state index contributed by atoms with van der Waals surface area (Å²) in [6.07, 6.45) is 8.56. The number of nitrogens with zero attached hydrogens (tertiary/aromatic N) is 1. The highest BCUT2D eigenvalue weighted by atomic mass is 35.5. The molecule has 1 aliphatic carbocycles. The van der Waals surface area contributed by atoms with E-state index >= 15 is 0 Å². The minimum atomic E-state index is 0.161. The van der Waals surface area contributed by atoms with Crippen LogP contribution in [-0.2, 0) is 4.79 Å². The number of carbonyl (C=O) groups is 1. The maximum absolute atomic E-state index is 11.9.